The molecule has 1 aromatic carbocycles. The van der Waals surface area contributed by atoms with Gasteiger partial charge in [0.2, 0.25) is 0 Å². The van der Waals surface area contributed by atoms with Gasteiger partial charge in [-0.25, -0.2) is 0 Å². The quantitative estimate of drug-likeness (QED) is 0.794. The van der Waals surface area contributed by atoms with Gasteiger partial charge in [-0.1, -0.05) is 28.1 Å². The molecule has 1 aromatic rings. The first-order valence-corrected chi connectivity index (χ1v) is 5.81. The van der Waals surface area contributed by atoms with E-state index < -0.39 is 12.3 Å². The molecule has 2 atom stereocenters. The predicted molar refractivity (Wildman–Crippen MR) is 58.6 cm³/mol. The maximum absolute atomic E-state index is 12.8. The Balaban J connectivity index is 2.10. The van der Waals surface area contributed by atoms with Crippen molar-refractivity contribution >= 4 is 15.9 Å². The standard InChI is InChI=1S/C11H10BrF3O2/c12-8-3-1-7(2-4-8)10(11(13,14)15)17-6-9-5-16-9/h1-4,9-10H,5-6H2/t9-,10-/m1/s1. The summed E-state index contributed by atoms with van der Waals surface area (Å²) in [5.74, 6) is 0. The summed E-state index contributed by atoms with van der Waals surface area (Å²) in [6, 6.07) is 5.92. The Hall–Kier alpha value is -0.590. The normalized spacial score (nSPS) is 21.3. The maximum Gasteiger partial charge on any atom is 0.418 e. The van der Waals surface area contributed by atoms with E-state index in [2.05, 4.69) is 15.9 Å². The van der Waals surface area contributed by atoms with Crippen molar-refractivity contribution in [2.24, 2.45) is 0 Å². The molecule has 0 radical (unpaired) electrons. The summed E-state index contributed by atoms with van der Waals surface area (Å²) in [6.07, 6.45) is -6.49. The Kier molecular flexibility index (Phi) is 3.75. The van der Waals surface area contributed by atoms with Crippen LogP contribution in [0.5, 0.6) is 0 Å². The highest BCUT2D eigenvalue weighted by atomic mass is 79.9. The van der Waals surface area contributed by atoms with Crippen molar-refractivity contribution in [2.75, 3.05) is 13.2 Å². The van der Waals surface area contributed by atoms with Crippen LogP contribution in [0.2, 0.25) is 0 Å². The minimum Gasteiger partial charge on any atom is -0.371 e. The second kappa shape index (κ2) is 4.96. The molecule has 0 N–H and O–H groups in total. The van der Waals surface area contributed by atoms with E-state index in [1.807, 2.05) is 0 Å². The summed E-state index contributed by atoms with van der Waals surface area (Å²) < 4.78 is 48.8. The molecule has 1 aliphatic rings. The third kappa shape index (κ3) is 3.69. The fourth-order valence-electron chi connectivity index (χ4n) is 1.39. The lowest BCUT2D eigenvalue weighted by Gasteiger charge is -2.20. The number of alkyl halides is 3. The van der Waals surface area contributed by atoms with Gasteiger partial charge in [-0.05, 0) is 17.7 Å². The maximum atomic E-state index is 12.8. The fourth-order valence-corrected chi connectivity index (χ4v) is 1.65. The highest BCUT2D eigenvalue weighted by Gasteiger charge is 2.42. The van der Waals surface area contributed by atoms with Gasteiger partial charge in [0.25, 0.3) is 0 Å². The number of benzene rings is 1. The topological polar surface area (TPSA) is 21.8 Å². The van der Waals surface area contributed by atoms with Crippen LogP contribution in [-0.2, 0) is 9.47 Å². The third-order valence-electron chi connectivity index (χ3n) is 2.32. The second-order valence-corrected chi connectivity index (χ2v) is 4.68. The van der Waals surface area contributed by atoms with Gasteiger partial charge < -0.3 is 9.47 Å². The largest absolute Gasteiger partial charge is 0.418 e. The lowest BCUT2D eigenvalue weighted by molar-refractivity contribution is -0.224. The number of rotatable bonds is 4. The summed E-state index contributed by atoms with van der Waals surface area (Å²) in [7, 11) is 0. The molecule has 2 rings (SSSR count). The number of halogens is 4. The van der Waals surface area contributed by atoms with Crippen LogP contribution in [0.4, 0.5) is 13.2 Å². The molecule has 0 saturated carbocycles. The molecular weight excluding hydrogens is 301 g/mol. The Morgan fingerprint density at radius 1 is 1.35 bits per heavy atom. The summed E-state index contributed by atoms with van der Waals surface area (Å²) in [5, 5.41) is 0. The molecule has 94 valence electrons. The average molecular weight is 311 g/mol. The van der Waals surface area contributed by atoms with E-state index in [-0.39, 0.29) is 18.3 Å². The zero-order valence-electron chi connectivity index (χ0n) is 8.71. The molecule has 1 heterocycles. The molecule has 1 fully saturated rings. The highest BCUT2D eigenvalue weighted by molar-refractivity contribution is 9.10. The lowest BCUT2D eigenvalue weighted by Crippen LogP contribution is -2.25. The van der Waals surface area contributed by atoms with E-state index >= 15 is 0 Å². The Morgan fingerprint density at radius 2 is 1.94 bits per heavy atom. The summed E-state index contributed by atoms with van der Waals surface area (Å²) in [6.45, 7) is 0.450. The van der Waals surface area contributed by atoms with Crippen molar-refractivity contribution < 1.29 is 22.6 Å². The van der Waals surface area contributed by atoms with Crippen molar-refractivity contribution in [1.29, 1.82) is 0 Å². The van der Waals surface area contributed by atoms with Crippen LogP contribution in [0.15, 0.2) is 28.7 Å². The number of hydrogen-bond acceptors (Lipinski definition) is 2. The Morgan fingerprint density at radius 3 is 2.41 bits per heavy atom. The van der Waals surface area contributed by atoms with Crippen molar-refractivity contribution in [2.45, 2.75) is 18.4 Å². The van der Waals surface area contributed by atoms with Crippen LogP contribution in [0.1, 0.15) is 11.7 Å². The molecule has 0 aromatic heterocycles. The van der Waals surface area contributed by atoms with Gasteiger partial charge >= 0.3 is 6.18 Å². The Labute approximate surface area is 105 Å². The number of ether oxygens (including phenoxy) is 2. The van der Waals surface area contributed by atoms with E-state index in [1.165, 1.54) is 12.1 Å². The SMILES string of the molecule is FC(F)(F)[C@H](OC[C@H]1CO1)c1ccc(Br)cc1. The fraction of sp³-hybridized carbons (Fsp3) is 0.455. The van der Waals surface area contributed by atoms with Crippen LogP contribution in [0, 0.1) is 0 Å². The first-order valence-electron chi connectivity index (χ1n) is 5.02. The highest BCUT2D eigenvalue weighted by Crippen LogP contribution is 2.36. The van der Waals surface area contributed by atoms with Crippen LogP contribution in [0.3, 0.4) is 0 Å². The molecule has 0 unspecified atom stereocenters. The van der Waals surface area contributed by atoms with E-state index in [1.54, 1.807) is 12.1 Å². The zero-order chi connectivity index (χ0) is 12.5. The minimum absolute atomic E-state index is 0.0275. The number of epoxide rings is 1. The van der Waals surface area contributed by atoms with E-state index in [4.69, 9.17) is 9.47 Å². The molecule has 17 heavy (non-hydrogen) atoms. The molecule has 0 bridgehead atoms. The van der Waals surface area contributed by atoms with Crippen LogP contribution in [0.25, 0.3) is 0 Å². The molecule has 1 aliphatic heterocycles. The van der Waals surface area contributed by atoms with E-state index in [0.717, 1.165) is 4.47 Å². The van der Waals surface area contributed by atoms with Crippen molar-refractivity contribution in [1.82, 2.24) is 0 Å². The van der Waals surface area contributed by atoms with Gasteiger partial charge in [0.1, 0.15) is 6.10 Å². The first-order chi connectivity index (χ1) is 7.97. The van der Waals surface area contributed by atoms with Gasteiger partial charge in [0.15, 0.2) is 6.10 Å². The molecule has 1 saturated heterocycles. The van der Waals surface area contributed by atoms with Gasteiger partial charge in [-0.2, -0.15) is 13.2 Å². The molecule has 0 spiro atoms. The molecule has 6 heteroatoms. The number of hydrogen-bond donors (Lipinski definition) is 0. The molecular formula is C11H10BrF3O2. The van der Waals surface area contributed by atoms with Crippen LogP contribution in [-0.4, -0.2) is 25.5 Å². The summed E-state index contributed by atoms with van der Waals surface area (Å²) in [5.41, 5.74) is 0.0985. The minimum atomic E-state index is -4.41. The lowest BCUT2D eigenvalue weighted by atomic mass is 10.1. The molecule has 2 nitrogen and oxygen atoms in total. The van der Waals surface area contributed by atoms with Crippen LogP contribution < -0.4 is 0 Å². The van der Waals surface area contributed by atoms with E-state index in [9.17, 15) is 13.2 Å². The summed E-state index contributed by atoms with van der Waals surface area (Å²) in [4.78, 5) is 0. The van der Waals surface area contributed by atoms with E-state index in [0.29, 0.717) is 6.61 Å². The average Bonchev–Trinajstić information content (AvgIpc) is 3.03. The monoisotopic (exact) mass is 310 g/mol. The van der Waals surface area contributed by atoms with Crippen molar-refractivity contribution in [3.63, 3.8) is 0 Å². The summed E-state index contributed by atoms with van der Waals surface area (Å²) >= 11 is 3.18. The third-order valence-corrected chi connectivity index (χ3v) is 2.85. The smallest absolute Gasteiger partial charge is 0.371 e. The van der Waals surface area contributed by atoms with Gasteiger partial charge in [0.05, 0.1) is 13.2 Å². The van der Waals surface area contributed by atoms with Gasteiger partial charge in [0, 0.05) is 4.47 Å². The second-order valence-electron chi connectivity index (χ2n) is 3.76. The molecule has 0 amide bonds. The van der Waals surface area contributed by atoms with Crippen molar-refractivity contribution in [3.05, 3.63) is 34.3 Å². The predicted octanol–water partition coefficient (Wildman–Crippen LogP) is 3.47. The van der Waals surface area contributed by atoms with Crippen molar-refractivity contribution in [3.8, 4) is 0 Å². The van der Waals surface area contributed by atoms with Gasteiger partial charge in [-0.3, -0.25) is 0 Å². The first kappa shape index (κ1) is 12.9. The Bertz CT molecular complexity index is 373. The van der Waals surface area contributed by atoms with Gasteiger partial charge in [-0.15, -0.1) is 0 Å². The zero-order valence-corrected chi connectivity index (χ0v) is 10.3. The molecule has 0 aliphatic carbocycles. The van der Waals surface area contributed by atoms with Crippen LogP contribution >= 0.6 is 15.9 Å².